The van der Waals surface area contributed by atoms with Gasteiger partial charge in [0, 0.05) is 28.0 Å². The smallest absolute Gasteiger partial charge is 0.303 e. The molecule has 1 heterocycles. The Morgan fingerprint density at radius 3 is 2.67 bits per heavy atom. The maximum atomic E-state index is 10.4. The molecule has 0 saturated heterocycles. The van der Waals surface area contributed by atoms with Crippen LogP contribution < -0.4 is 0 Å². The molecule has 3 nitrogen and oxygen atoms in total. The largest absolute Gasteiger partial charge is 0.481 e. The number of halogens is 2. The number of benzene rings is 1. The van der Waals surface area contributed by atoms with E-state index in [0.717, 1.165) is 48.5 Å². The molecular weight excluding hydrogens is 354 g/mol. The van der Waals surface area contributed by atoms with Crippen LogP contribution in [0.25, 0.3) is 10.9 Å². The number of H-pyrrole nitrogens is 1. The highest BCUT2D eigenvalue weighted by molar-refractivity contribution is 9.10. The Hall–Kier alpha value is -1.000. The fourth-order valence-electron chi connectivity index (χ4n) is 2.50. The average Bonchev–Trinajstić information content (AvgIpc) is 2.80. The summed E-state index contributed by atoms with van der Waals surface area (Å²) in [5.74, 6) is -0.696. The third kappa shape index (κ3) is 4.75. The van der Waals surface area contributed by atoms with Gasteiger partial charge in [-0.3, -0.25) is 4.79 Å². The van der Waals surface area contributed by atoms with Gasteiger partial charge in [0.2, 0.25) is 0 Å². The molecule has 1 aromatic carbocycles. The van der Waals surface area contributed by atoms with Crippen LogP contribution in [0.2, 0.25) is 5.02 Å². The summed E-state index contributed by atoms with van der Waals surface area (Å²) >= 11 is 9.55. The average molecular weight is 373 g/mol. The summed E-state index contributed by atoms with van der Waals surface area (Å²) in [6.45, 7) is 0. The molecule has 0 fully saturated rings. The normalized spacial score (nSPS) is 11.1. The highest BCUT2D eigenvalue weighted by Crippen LogP contribution is 2.30. The summed E-state index contributed by atoms with van der Waals surface area (Å²) in [6, 6.07) is 4.01. The highest BCUT2D eigenvalue weighted by Gasteiger charge is 2.07. The van der Waals surface area contributed by atoms with Crippen LogP contribution in [0.15, 0.2) is 22.8 Å². The van der Waals surface area contributed by atoms with E-state index in [9.17, 15) is 4.79 Å². The van der Waals surface area contributed by atoms with E-state index in [1.54, 1.807) is 0 Å². The second-order valence-electron chi connectivity index (χ2n) is 5.29. The minimum atomic E-state index is -0.696. The lowest BCUT2D eigenvalue weighted by atomic mass is 10.0. The molecular formula is C16H19BrClNO2. The molecule has 0 aliphatic rings. The lowest BCUT2D eigenvalue weighted by Gasteiger charge is -2.02. The minimum absolute atomic E-state index is 0.289. The van der Waals surface area contributed by atoms with Gasteiger partial charge in [0.1, 0.15) is 0 Å². The first-order valence-corrected chi connectivity index (χ1v) is 8.42. The van der Waals surface area contributed by atoms with E-state index in [1.165, 1.54) is 10.9 Å². The van der Waals surface area contributed by atoms with E-state index in [1.807, 2.05) is 6.07 Å². The minimum Gasteiger partial charge on any atom is -0.481 e. The standard InChI is InChI=1S/C16H19BrClNO2/c17-13-8-12-11(10-19-15(12)9-14(13)18)6-4-2-1-3-5-7-16(20)21/h8-10,19H,1-7H2,(H,20,21). The van der Waals surface area contributed by atoms with Crippen molar-refractivity contribution in [2.75, 3.05) is 0 Å². The molecule has 0 aliphatic heterocycles. The number of carbonyl (C=O) groups is 1. The first-order chi connectivity index (χ1) is 10.1. The molecule has 2 aromatic rings. The second kappa shape index (κ2) is 7.85. The molecule has 0 unspecified atom stereocenters. The van der Waals surface area contributed by atoms with Crippen molar-refractivity contribution in [2.45, 2.75) is 44.9 Å². The van der Waals surface area contributed by atoms with Crippen molar-refractivity contribution in [1.29, 1.82) is 0 Å². The van der Waals surface area contributed by atoms with Gasteiger partial charge in [0.15, 0.2) is 0 Å². The maximum absolute atomic E-state index is 10.4. The molecule has 0 atom stereocenters. The summed E-state index contributed by atoms with van der Waals surface area (Å²) in [6.07, 6.45) is 8.53. The third-order valence-electron chi connectivity index (χ3n) is 3.65. The van der Waals surface area contributed by atoms with Crippen molar-refractivity contribution in [2.24, 2.45) is 0 Å². The van der Waals surface area contributed by atoms with Crippen molar-refractivity contribution < 1.29 is 9.90 Å². The van der Waals surface area contributed by atoms with Crippen molar-refractivity contribution in [3.05, 3.63) is 33.4 Å². The van der Waals surface area contributed by atoms with Crippen LogP contribution in [0.1, 0.15) is 44.1 Å². The van der Waals surface area contributed by atoms with Crippen LogP contribution in [0.5, 0.6) is 0 Å². The zero-order valence-corrected chi connectivity index (χ0v) is 14.1. The molecule has 0 aliphatic carbocycles. The Bertz CT molecular complexity index is 624. The maximum Gasteiger partial charge on any atom is 0.303 e. The summed E-state index contributed by atoms with van der Waals surface area (Å²) < 4.78 is 0.922. The number of hydrogen-bond donors (Lipinski definition) is 2. The number of nitrogens with one attached hydrogen (secondary N) is 1. The monoisotopic (exact) mass is 371 g/mol. The first kappa shape index (κ1) is 16.4. The van der Waals surface area contributed by atoms with Gasteiger partial charge in [0.25, 0.3) is 0 Å². The van der Waals surface area contributed by atoms with Crippen molar-refractivity contribution in [3.63, 3.8) is 0 Å². The summed E-state index contributed by atoms with van der Waals surface area (Å²) in [5, 5.41) is 10.5. The van der Waals surface area contributed by atoms with E-state index in [-0.39, 0.29) is 6.42 Å². The highest BCUT2D eigenvalue weighted by atomic mass is 79.9. The van der Waals surface area contributed by atoms with Crippen LogP contribution in [-0.4, -0.2) is 16.1 Å². The number of hydrogen-bond acceptors (Lipinski definition) is 1. The number of carboxylic acids is 1. The van der Waals surface area contributed by atoms with Gasteiger partial charge in [-0.2, -0.15) is 0 Å². The first-order valence-electron chi connectivity index (χ1n) is 7.24. The van der Waals surface area contributed by atoms with Crippen molar-refractivity contribution in [1.82, 2.24) is 4.98 Å². The van der Waals surface area contributed by atoms with Gasteiger partial charge >= 0.3 is 5.97 Å². The van der Waals surface area contributed by atoms with Gasteiger partial charge in [0.05, 0.1) is 5.02 Å². The van der Waals surface area contributed by atoms with Crippen LogP contribution >= 0.6 is 27.5 Å². The predicted octanol–water partition coefficient (Wildman–Crippen LogP) is 5.55. The van der Waals surface area contributed by atoms with E-state index in [4.69, 9.17) is 16.7 Å². The Kier molecular flexibility index (Phi) is 6.12. The SMILES string of the molecule is O=C(O)CCCCCCCc1c[nH]c2cc(Cl)c(Br)cc12. The van der Waals surface area contributed by atoms with Gasteiger partial charge in [-0.25, -0.2) is 0 Å². The number of aromatic nitrogens is 1. The molecule has 0 spiro atoms. The van der Waals surface area contributed by atoms with E-state index in [0.29, 0.717) is 5.02 Å². The summed E-state index contributed by atoms with van der Waals surface area (Å²) in [4.78, 5) is 13.7. The van der Waals surface area contributed by atoms with Crippen LogP contribution in [0.3, 0.4) is 0 Å². The number of aromatic amines is 1. The Labute approximate surface area is 137 Å². The Morgan fingerprint density at radius 2 is 1.90 bits per heavy atom. The van der Waals surface area contributed by atoms with Gasteiger partial charge in [-0.1, -0.05) is 30.9 Å². The second-order valence-corrected chi connectivity index (χ2v) is 6.55. The van der Waals surface area contributed by atoms with E-state index >= 15 is 0 Å². The molecule has 21 heavy (non-hydrogen) atoms. The van der Waals surface area contributed by atoms with Gasteiger partial charge in [-0.15, -0.1) is 0 Å². The van der Waals surface area contributed by atoms with Crippen LogP contribution in [0, 0.1) is 0 Å². The lowest BCUT2D eigenvalue weighted by Crippen LogP contribution is -1.93. The number of fused-ring (bicyclic) bond motifs is 1. The number of rotatable bonds is 8. The number of unbranched alkanes of at least 4 members (excludes halogenated alkanes) is 4. The quantitative estimate of drug-likeness (QED) is 0.597. The fourth-order valence-corrected chi connectivity index (χ4v) is 3.01. The summed E-state index contributed by atoms with van der Waals surface area (Å²) in [7, 11) is 0. The fraction of sp³-hybridized carbons (Fsp3) is 0.438. The van der Waals surface area contributed by atoms with Gasteiger partial charge in [-0.05, 0) is 52.9 Å². The zero-order valence-electron chi connectivity index (χ0n) is 11.8. The van der Waals surface area contributed by atoms with E-state index < -0.39 is 5.97 Å². The van der Waals surface area contributed by atoms with Crippen LogP contribution in [-0.2, 0) is 11.2 Å². The zero-order chi connectivity index (χ0) is 15.2. The van der Waals surface area contributed by atoms with Gasteiger partial charge < -0.3 is 10.1 Å². The third-order valence-corrected chi connectivity index (χ3v) is 4.84. The number of carboxylic acid groups (broad SMARTS) is 1. The molecule has 0 radical (unpaired) electrons. The predicted molar refractivity (Wildman–Crippen MR) is 90.1 cm³/mol. The Morgan fingerprint density at radius 1 is 1.19 bits per heavy atom. The molecule has 2 rings (SSSR count). The lowest BCUT2D eigenvalue weighted by molar-refractivity contribution is -0.137. The molecule has 0 bridgehead atoms. The molecule has 5 heteroatoms. The Balaban J connectivity index is 1.79. The number of aryl methyl sites for hydroxylation is 1. The van der Waals surface area contributed by atoms with E-state index in [2.05, 4.69) is 33.2 Å². The molecule has 0 amide bonds. The topological polar surface area (TPSA) is 53.1 Å². The summed E-state index contributed by atoms with van der Waals surface area (Å²) in [5.41, 5.74) is 2.38. The van der Waals surface area contributed by atoms with Crippen molar-refractivity contribution in [3.8, 4) is 0 Å². The van der Waals surface area contributed by atoms with Crippen molar-refractivity contribution >= 4 is 44.4 Å². The number of aliphatic carboxylic acids is 1. The molecule has 1 aromatic heterocycles. The molecule has 114 valence electrons. The van der Waals surface area contributed by atoms with Crippen LogP contribution in [0.4, 0.5) is 0 Å². The molecule has 2 N–H and O–H groups in total. The molecule has 0 saturated carbocycles.